The second-order valence-electron chi connectivity index (χ2n) is 7.48. The van der Waals surface area contributed by atoms with Gasteiger partial charge in [-0.05, 0) is 37.0 Å². The van der Waals surface area contributed by atoms with Gasteiger partial charge < -0.3 is 20.3 Å². The van der Waals surface area contributed by atoms with E-state index in [-0.39, 0.29) is 17.3 Å². The standard InChI is InChI=1S/C21H32N4O3/c1-22-20(24-15-21(12-5-6-13-21)19(27)25(2)3)23-14-11-16-7-9-17(10-8-16)18(26)28-4/h7-10H,5-6,11-15H2,1-4H3,(H2,22,23,24). The van der Waals surface area contributed by atoms with E-state index in [2.05, 4.69) is 15.6 Å². The molecule has 1 aromatic carbocycles. The van der Waals surface area contributed by atoms with E-state index >= 15 is 0 Å². The molecule has 0 radical (unpaired) electrons. The minimum Gasteiger partial charge on any atom is -0.465 e. The fourth-order valence-electron chi connectivity index (χ4n) is 3.72. The molecule has 7 heteroatoms. The molecule has 0 heterocycles. The van der Waals surface area contributed by atoms with Crippen LogP contribution in [0.25, 0.3) is 0 Å². The number of amides is 1. The molecule has 1 aliphatic carbocycles. The molecule has 0 bridgehead atoms. The van der Waals surface area contributed by atoms with Crippen molar-refractivity contribution in [3.05, 3.63) is 35.4 Å². The quantitative estimate of drug-likeness (QED) is 0.423. The van der Waals surface area contributed by atoms with Gasteiger partial charge in [-0.1, -0.05) is 25.0 Å². The maximum atomic E-state index is 12.7. The lowest BCUT2D eigenvalue weighted by Crippen LogP contribution is -2.49. The van der Waals surface area contributed by atoms with Crippen LogP contribution in [-0.4, -0.2) is 64.1 Å². The summed E-state index contributed by atoms with van der Waals surface area (Å²) in [6.07, 6.45) is 4.81. The molecule has 28 heavy (non-hydrogen) atoms. The normalized spacial score (nSPS) is 15.8. The van der Waals surface area contributed by atoms with Crippen molar-refractivity contribution >= 4 is 17.8 Å². The van der Waals surface area contributed by atoms with E-state index in [4.69, 9.17) is 4.74 Å². The van der Waals surface area contributed by atoms with Crippen LogP contribution >= 0.6 is 0 Å². The number of benzene rings is 1. The first-order valence-corrected chi connectivity index (χ1v) is 9.75. The Morgan fingerprint density at radius 3 is 2.32 bits per heavy atom. The highest BCUT2D eigenvalue weighted by molar-refractivity contribution is 5.89. The van der Waals surface area contributed by atoms with Crippen molar-refractivity contribution in [3.8, 4) is 0 Å². The molecule has 2 N–H and O–H groups in total. The van der Waals surface area contributed by atoms with Crippen LogP contribution in [0.1, 0.15) is 41.6 Å². The van der Waals surface area contributed by atoms with Gasteiger partial charge in [0.15, 0.2) is 5.96 Å². The van der Waals surface area contributed by atoms with E-state index in [0.717, 1.165) is 37.7 Å². The number of guanidine groups is 1. The molecule has 7 nitrogen and oxygen atoms in total. The predicted molar refractivity (Wildman–Crippen MR) is 110 cm³/mol. The maximum Gasteiger partial charge on any atom is 0.337 e. The first-order valence-electron chi connectivity index (χ1n) is 9.75. The lowest BCUT2D eigenvalue weighted by atomic mass is 9.84. The van der Waals surface area contributed by atoms with Gasteiger partial charge in [0.05, 0.1) is 18.1 Å². The zero-order valence-corrected chi connectivity index (χ0v) is 17.4. The van der Waals surface area contributed by atoms with Gasteiger partial charge in [0, 0.05) is 34.2 Å². The van der Waals surface area contributed by atoms with Crippen LogP contribution in [0.3, 0.4) is 0 Å². The van der Waals surface area contributed by atoms with Crippen molar-refractivity contribution < 1.29 is 14.3 Å². The molecular weight excluding hydrogens is 356 g/mol. The average molecular weight is 389 g/mol. The van der Waals surface area contributed by atoms with E-state index in [9.17, 15) is 9.59 Å². The molecule has 0 spiro atoms. The Balaban J connectivity index is 1.84. The van der Waals surface area contributed by atoms with Crippen LogP contribution in [0, 0.1) is 5.41 Å². The first-order chi connectivity index (χ1) is 13.4. The Kier molecular flexibility index (Phi) is 7.84. The number of carbonyl (C=O) groups excluding carboxylic acids is 2. The number of hydrogen-bond acceptors (Lipinski definition) is 4. The number of esters is 1. The largest absolute Gasteiger partial charge is 0.465 e. The Hall–Kier alpha value is -2.57. The monoisotopic (exact) mass is 388 g/mol. The summed E-state index contributed by atoms with van der Waals surface area (Å²) in [5, 5.41) is 6.63. The topological polar surface area (TPSA) is 83.0 Å². The summed E-state index contributed by atoms with van der Waals surface area (Å²) >= 11 is 0. The molecule has 1 aromatic rings. The van der Waals surface area contributed by atoms with E-state index in [1.165, 1.54) is 7.11 Å². The second-order valence-corrected chi connectivity index (χ2v) is 7.48. The third-order valence-corrected chi connectivity index (χ3v) is 5.32. The molecule has 2 rings (SSSR count). The van der Waals surface area contributed by atoms with Crippen molar-refractivity contribution in [2.45, 2.75) is 32.1 Å². The molecule has 0 aliphatic heterocycles. The molecular formula is C21H32N4O3. The van der Waals surface area contributed by atoms with Gasteiger partial charge in [-0.15, -0.1) is 0 Å². The van der Waals surface area contributed by atoms with Crippen LogP contribution in [0.15, 0.2) is 29.3 Å². The number of nitrogens with one attached hydrogen (secondary N) is 2. The van der Waals surface area contributed by atoms with Crippen LogP contribution in [0.4, 0.5) is 0 Å². The lowest BCUT2D eigenvalue weighted by molar-refractivity contribution is -0.138. The Labute approximate surface area is 167 Å². The molecule has 1 fully saturated rings. The Bertz CT molecular complexity index is 692. The summed E-state index contributed by atoms with van der Waals surface area (Å²) < 4.78 is 4.71. The molecule has 1 amide bonds. The van der Waals surface area contributed by atoms with Gasteiger partial charge in [0.25, 0.3) is 0 Å². The van der Waals surface area contributed by atoms with Crippen LogP contribution in [0.5, 0.6) is 0 Å². The number of ether oxygens (including phenoxy) is 1. The number of carbonyl (C=O) groups is 2. The van der Waals surface area contributed by atoms with Gasteiger partial charge in [-0.25, -0.2) is 4.79 Å². The van der Waals surface area contributed by atoms with Crippen molar-refractivity contribution in [1.29, 1.82) is 0 Å². The van der Waals surface area contributed by atoms with E-state index in [1.54, 1.807) is 24.1 Å². The fourth-order valence-corrected chi connectivity index (χ4v) is 3.72. The SMILES string of the molecule is CN=C(NCCc1ccc(C(=O)OC)cc1)NCC1(C(=O)N(C)C)CCCC1. The van der Waals surface area contributed by atoms with Gasteiger partial charge in [-0.2, -0.15) is 0 Å². The van der Waals surface area contributed by atoms with E-state index < -0.39 is 0 Å². The summed E-state index contributed by atoms with van der Waals surface area (Å²) in [5.41, 5.74) is 1.33. The molecule has 1 aliphatic rings. The number of rotatable bonds is 7. The number of nitrogens with zero attached hydrogens (tertiary/aromatic N) is 2. The Morgan fingerprint density at radius 1 is 1.14 bits per heavy atom. The number of hydrogen-bond donors (Lipinski definition) is 2. The Morgan fingerprint density at radius 2 is 1.79 bits per heavy atom. The summed E-state index contributed by atoms with van der Waals surface area (Å²) in [5.74, 6) is 0.560. The van der Waals surface area contributed by atoms with Crippen molar-refractivity contribution in [3.63, 3.8) is 0 Å². The first kappa shape index (κ1) is 21.7. The molecule has 0 atom stereocenters. The third kappa shape index (κ3) is 5.47. The van der Waals surface area contributed by atoms with Gasteiger partial charge in [0.2, 0.25) is 5.91 Å². The smallest absolute Gasteiger partial charge is 0.337 e. The highest BCUT2D eigenvalue weighted by Gasteiger charge is 2.42. The van der Waals surface area contributed by atoms with Gasteiger partial charge in [-0.3, -0.25) is 9.79 Å². The number of aliphatic imine (C=N–C) groups is 1. The highest BCUT2D eigenvalue weighted by atomic mass is 16.5. The van der Waals surface area contributed by atoms with Crippen LogP contribution < -0.4 is 10.6 Å². The predicted octanol–water partition coefficient (Wildman–Crippen LogP) is 1.83. The maximum absolute atomic E-state index is 12.7. The van der Waals surface area contributed by atoms with Crippen molar-refractivity contribution in [2.24, 2.45) is 10.4 Å². The zero-order chi connectivity index (χ0) is 20.6. The minimum absolute atomic E-state index is 0.193. The molecule has 154 valence electrons. The minimum atomic E-state index is -0.331. The summed E-state index contributed by atoms with van der Waals surface area (Å²) in [4.78, 5) is 30.1. The van der Waals surface area contributed by atoms with Gasteiger partial charge >= 0.3 is 5.97 Å². The third-order valence-electron chi connectivity index (χ3n) is 5.32. The second kappa shape index (κ2) is 10.1. The molecule has 0 aromatic heterocycles. The lowest BCUT2D eigenvalue weighted by Gasteiger charge is -2.31. The fraction of sp³-hybridized carbons (Fsp3) is 0.571. The molecule has 0 unspecified atom stereocenters. The highest BCUT2D eigenvalue weighted by Crippen LogP contribution is 2.38. The van der Waals surface area contributed by atoms with Crippen LogP contribution in [-0.2, 0) is 16.0 Å². The number of methoxy groups -OCH3 is 1. The molecule has 0 saturated heterocycles. The van der Waals surface area contributed by atoms with Gasteiger partial charge in [0.1, 0.15) is 0 Å². The van der Waals surface area contributed by atoms with E-state index in [1.807, 2.05) is 26.2 Å². The van der Waals surface area contributed by atoms with Crippen LogP contribution in [0.2, 0.25) is 0 Å². The summed E-state index contributed by atoms with van der Waals surface area (Å²) in [6.45, 7) is 1.30. The van der Waals surface area contributed by atoms with E-state index in [0.29, 0.717) is 24.6 Å². The van der Waals surface area contributed by atoms with Crippen molar-refractivity contribution in [1.82, 2.24) is 15.5 Å². The molecule has 1 saturated carbocycles. The average Bonchev–Trinajstić information content (AvgIpc) is 3.19. The summed E-state index contributed by atoms with van der Waals surface area (Å²) in [7, 11) is 6.75. The zero-order valence-electron chi connectivity index (χ0n) is 17.4. The summed E-state index contributed by atoms with van der Waals surface area (Å²) in [6, 6.07) is 7.39. The van der Waals surface area contributed by atoms with Crippen molar-refractivity contribution in [2.75, 3.05) is 41.3 Å².